The molecule has 5 rings (SSSR count). The first kappa shape index (κ1) is 37.7. The standard InChI is InChI=1S/C41H50ClNO6Si/c1-6-21-43-39(47)33-23-29(26-49-50(41(3,4)5,31-13-9-7-10-14-31)32-15-11-8-12-16-32)37(34(25-44)38(33)40(43)48)36(46)20-17-27(2)22-28-18-19-30(45)24-35(28)42/h7-16,18-19,22,24,33-34,36,38,44-46H,6,17,20-21,23,25-26H2,1-5H3/b27-22+/t33-,34+,36-,38-/m1/s1. The number of amides is 2. The van der Waals surface area contributed by atoms with E-state index in [4.69, 9.17) is 16.0 Å². The Morgan fingerprint density at radius 3 is 2.18 bits per heavy atom. The lowest BCUT2D eigenvalue weighted by atomic mass is 9.68. The molecule has 1 fully saturated rings. The van der Waals surface area contributed by atoms with Gasteiger partial charge in [-0.1, -0.05) is 112 Å². The molecule has 7 nitrogen and oxygen atoms in total. The molecule has 0 radical (unpaired) electrons. The monoisotopic (exact) mass is 715 g/mol. The highest BCUT2D eigenvalue weighted by molar-refractivity contribution is 6.99. The van der Waals surface area contributed by atoms with E-state index in [0.717, 1.165) is 27.1 Å². The van der Waals surface area contributed by atoms with Crippen molar-refractivity contribution in [3.05, 3.63) is 106 Å². The van der Waals surface area contributed by atoms with Crippen LogP contribution in [0.1, 0.15) is 65.9 Å². The first-order chi connectivity index (χ1) is 23.8. The topological polar surface area (TPSA) is 107 Å². The summed E-state index contributed by atoms with van der Waals surface area (Å²) in [7, 11) is -2.99. The van der Waals surface area contributed by atoms with Gasteiger partial charge in [0, 0.05) is 12.5 Å². The summed E-state index contributed by atoms with van der Waals surface area (Å²) in [6.45, 7) is 10.6. The van der Waals surface area contributed by atoms with Gasteiger partial charge in [-0.25, -0.2) is 0 Å². The van der Waals surface area contributed by atoms with Crippen molar-refractivity contribution in [2.24, 2.45) is 17.8 Å². The Morgan fingerprint density at radius 1 is 1.02 bits per heavy atom. The van der Waals surface area contributed by atoms with Gasteiger partial charge in [-0.3, -0.25) is 14.5 Å². The van der Waals surface area contributed by atoms with Gasteiger partial charge in [-0.05, 0) is 82.9 Å². The molecule has 0 saturated carbocycles. The fourth-order valence-electron chi connectivity index (χ4n) is 8.05. The highest BCUT2D eigenvalue weighted by atomic mass is 35.5. The molecule has 1 aliphatic heterocycles. The molecule has 0 unspecified atom stereocenters. The number of hydrogen-bond acceptors (Lipinski definition) is 6. The molecule has 9 heteroatoms. The number of fused-ring (bicyclic) bond motifs is 1. The first-order valence-corrected chi connectivity index (χ1v) is 19.9. The number of allylic oxidation sites excluding steroid dienone is 1. The Balaban J connectivity index is 1.56. The van der Waals surface area contributed by atoms with Gasteiger partial charge >= 0.3 is 0 Å². The minimum absolute atomic E-state index is 0.0862. The van der Waals surface area contributed by atoms with Gasteiger partial charge in [-0.2, -0.15) is 0 Å². The second-order valence-electron chi connectivity index (χ2n) is 14.7. The minimum atomic E-state index is -2.99. The predicted molar refractivity (Wildman–Crippen MR) is 202 cm³/mol. The molecule has 1 heterocycles. The molecular formula is C41H50ClNO6Si. The van der Waals surface area contributed by atoms with Crippen LogP contribution in [0.25, 0.3) is 6.08 Å². The Kier molecular flexibility index (Phi) is 11.9. The van der Waals surface area contributed by atoms with E-state index < -0.39 is 32.2 Å². The van der Waals surface area contributed by atoms with Crippen molar-refractivity contribution in [2.45, 2.75) is 71.4 Å². The third-order valence-corrected chi connectivity index (χ3v) is 15.7. The van der Waals surface area contributed by atoms with Gasteiger partial charge in [0.2, 0.25) is 11.8 Å². The number of imide groups is 1. The van der Waals surface area contributed by atoms with E-state index in [0.29, 0.717) is 36.4 Å². The molecule has 3 N–H and O–H groups in total. The molecule has 0 aromatic heterocycles. The highest BCUT2D eigenvalue weighted by Crippen LogP contribution is 2.47. The number of likely N-dealkylation sites (tertiary alicyclic amines) is 1. The third kappa shape index (κ3) is 7.41. The number of benzene rings is 3. The van der Waals surface area contributed by atoms with Crippen LogP contribution in [-0.2, 0) is 14.0 Å². The Hall–Kier alpha value is -3.53. The fraction of sp³-hybridized carbons (Fsp3) is 0.415. The number of aliphatic hydroxyl groups is 2. The predicted octanol–water partition coefficient (Wildman–Crippen LogP) is 6.49. The summed E-state index contributed by atoms with van der Waals surface area (Å²) in [4.78, 5) is 28.8. The maximum absolute atomic E-state index is 13.8. The highest BCUT2D eigenvalue weighted by Gasteiger charge is 2.55. The lowest BCUT2D eigenvalue weighted by Crippen LogP contribution is -2.66. The van der Waals surface area contributed by atoms with Crippen LogP contribution < -0.4 is 10.4 Å². The number of halogens is 1. The number of phenolic OH excluding ortho intramolecular Hbond substituents is 1. The van der Waals surface area contributed by atoms with Crippen molar-refractivity contribution < 1.29 is 29.3 Å². The summed E-state index contributed by atoms with van der Waals surface area (Å²) >= 11 is 6.36. The number of carbonyl (C=O) groups is 2. The van der Waals surface area contributed by atoms with Crippen molar-refractivity contribution in [3.63, 3.8) is 0 Å². The lowest BCUT2D eigenvalue weighted by molar-refractivity contribution is -0.140. The van der Waals surface area contributed by atoms with Crippen LogP contribution in [0.15, 0.2) is 95.6 Å². The smallest absolute Gasteiger partial charge is 0.261 e. The molecule has 2 aliphatic rings. The maximum Gasteiger partial charge on any atom is 0.261 e. The third-order valence-electron chi connectivity index (χ3n) is 10.4. The van der Waals surface area contributed by atoms with Crippen molar-refractivity contribution in [3.8, 4) is 5.75 Å². The lowest BCUT2D eigenvalue weighted by Gasteiger charge is -2.44. The minimum Gasteiger partial charge on any atom is -0.508 e. The number of phenols is 1. The average molecular weight is 716 g/mol. The zero-order valence-corrected chi connectivity index (χ0v) is 31.5. The zero-order chi connectivity index (χ0) is 36.2. The molecule has 50 heavy (non-hydrogen) atoms. The molecule has 1 saturated heterocycles. The number of carbonyl (C=O) groups excluding carboxylic acids is 2. The molecule has 2 amide bonds. The fourth-order valence-corrected chi connectivity index (χ4v) is 12.8. The quantitative estimate of drug-likeness (QED) is 0.106. The molecule has 3 aromatic rings. The molecular weight excluding hydrogens is 666 g/mol. The number of nitrogens with zero attached hydrogens (tertiary/aromatic N) is 1. The van der Waals surface area contributed by atoms with E-state index in [1.165, 1.54) is 11.0 Å². The van der Waals surface area contributed by atoms with Gasteiger partial charge in [0.05, 0.1) is 36.2 Å². The average Bonchev–Trinajstić information content (AvgIpc) is 3.33. The number of aromatic hydroxyl groups is 1. The van der Waals surface area contributed by atoms with Gasteiger partial charge in [0.25, 0.3) is 8.32 Å². The van der Waals surface area contributed by atoms with E-state index in [1.807, 2.05) is 56.3 Å². The summed E-state index contributed by atoms with van der Waals surface area (Å²) in [6.07, 6.45) is 2.74. The van der Waals surface area contributed by atoms with Crippen molar-refractivity contribution in [1.29, 1.82) is 0 Å². The Bertz CT molecular complexity index is 1700. The van der Waals surface area contributed by atoms with E-state index in [9.17, 15) is 24.9 Å². The van der Waals surface area contributed by atoms with Gasteiger partial charge in [0.1, 0.15) is 5.75 Å². The molecule has 3 aromatic carbocycles. The zero-order valence-electron chi connectivity index (χ0n) is 29.7. The van der Waals surface area contributed by atoms with Crippen molar-refractivity contribution in [1.82, 2.24) is 4.90 Å². The van der Waals surface area contributed by atoms with E-state index in [1.54, 1.807) is 12.1 Å². The Morgan fingerprint density at radius 2 is 1.64 bits per heavy atom. The van der Waals surface area contributed by atoms with Crippen LogP contribution in [-0.4, -0.2) is 66.2 Å². The summed E-state index contributed by atoms with van der Waals surface area (Å²) in [6, 6.07) is 25.4. The normalized spacial score (nSPS) is 20.8. The van der Waals surface area contributed by atoms with Crippen molar-refractivity contribution >= 4 is 48.2 Å². The summed E-state index contributed by atoms with van der Waals surface area (Å²) in [5.74, 6) is -2.44. The summed E-state index contributed by atoms with van der Waals surface area (Å²) in [5.41, 5.74) is 3.13. The van der Waals surface area contributed by atoms with Gasteiger partial charge in [-0.15, -0.1) is 0 Å². The van der Waals surface area contributed by atoms with Crippen molar-refractivity contribution in [2.75, 3.05) is 19.8 Å². The van der Waals surface area contributed by atoms with Crippen LogP contribution in [0.4, 0.5) is 0 Å². The second kappa shape index (κ2) is 15.8. The summed E-state index contributed by atoms with van der Waals surface area (Å²) < 4.78 is 7.32. The van der Waals surface area contributed by atoms with Gasteiger partial charge < -0.3 is 19.7 Å². The maximum atomic E-state index is 13.8. The number of aliphatic hydroxyl groups excluding tert-OH is 2. The number of hydrogen-bond donors (Lipinski definition) is 3. The molecule has 266 valence electrons. The first-order valence-electron chi connectivity index (χ1n) is 17.6. The summed E-state index contributed by atoms with van der Waals surface area (Å²) in [5, 5.41) is 35.1. The van der Waals surface area contributed by atoms with Crippen LogP contribution in [0.3, 0.4) is 0 Å². The van der Waals surface area contributed by atoms with Gasteiger partial charge in [0.15, 0.2) is 0 Å². The molecule has 1 aliphatic carbocycles. The largest absolute Gasteiger partial charge is 0.508 e. The Labute approximate surface area is 302 Å². The molecule has 0 spiro atoms. The van der Waals surface area contributed by atoms with Crippen LogP contribution in [0.2, 0.25) is 10.1 Å². The van der Waals surface area contributed by atoms with Crippen LogP contribution in [0, 0.1) is 17.8 Å². The van der Waals surface area contributed by atoms with Crippen LogP contribution in [0.5, 0.6) is 5.75 Å². The number of rotatable bonds is 13. The molecule has 4 atom stereocenters. The van der Waals surface area contributed by atoms with E-state index >= 15 is 0 Å². The van der Waals surface area contributed by atoms with E-state index in [2.05, 4.69) is 45.0 Å². The SMILES string of the molecule is CCCN1C(=O)[C@@H]2[C@@H](CC(CO[Si](c3ccccc3)(c3ccccc3)C(C)(C)C)=C([C@H](O)CC/C(C)=C/c3ccc(O)cc3Cl)[C@@H]2CO)C1=O. The van der Waals surface area contributed by atoms with E-state index in [-0.39, 0.29) is 42.2 Å². The second-order valence-corrected chi connectivity index (χ2v) is 19.4. The molecule has 0 bridgehead atoms. The van der Waals surface area contributed by atoms with Crippen LogP contribution >= 0.6 is 11.6 Å².